The van der Waals surface area contributed by atoms with Gasteiger partial charge in [-0.05, 0) is 51.2 Å². The van der Waals surface area contributed by atoms with Gasteiger partial charge < -0.3 is 15.6 Å². The summed E-state index contributed by atoms with van der Waals surface area (Å²) in [6.45, 7) is 12.7. The number of imidazole rings is 1. The van der Waals surface area contributed by atoms with Crippen molar-refractivity contribution in [1.82, 2.24) is 24.3 Å². The molecule has 1 saturated heterocycles. The lowest BCUT2D eigenvalue weighted by Crippen LogP contribution is -2.23. The van der Waals surface area contributed by atoms with Gasteiger partial charge in [-0.3, -0.25) is 4.40 Å². The van der Waals surface area contributed by atoms with Gasteiger partial charge in [0.2, 0.25) is 0 Å². The molecule has 4 heterocycles. The molecule has 1 unspecified atom stereocenters. The van der Waals surface area contributed by atoms with Crippen LogP contribution in [-0.2, 0) is 6.42 Å². The molecule has 0 spiro atoms. The Morgan fingerprint density at radius 3 is 2.97 bits per heavy atom. The van der Waals surface area contributed by atoms with Crippen LogP contribution in [0.15, 0.2) is 42.9 Å². The summed E-state index contributed by atoms with van der Waals surface area (Å²) < 4.78 is 2.16. The molecule has 6 nitrogen and oxygen atoms in total. The average Bonchev–Trinajstić information content (AvgIpc) is 3.23. The number of nitrogens with zero attached hydrogens (tertiary/aromatic N) is 4. The van der Waals surface area contributed by atoms with Crippen molar-refractivity contribution in [2.75, 3.05) is 18.8 Å². The highest BCUT2D eigenvalue weighted by Crippen LogP contribution is 2.35. The van der Waals surface area contributed by atoms with Crippen molar-refractivity contribution >= 4 is 11.3 Å². The van der Waals surface area contributed by atoms with Crippen LogP contribution in [0.4, 0.5) is 5.82 Å². The minimum absolute atomic E-state index is 0.385. The molecule has 6 heteroatoms. The van der Waals surface area contributed by atoms with Gasteiger partial charge in [0.15, 0.2) is 0 Å². The zero-order valence-electron chi connectivity index (χ0n) is 19.0. The monoisotopic (exact) mass is 418 g/mol. The van der Waals surface area contributed by atoms with Crippen molar-refractivity contribution in [3.63, 3.8) is 0 Å². The van der Waals surface area contributed by atoms with E-state index in [0.717, 1.165) is 67.9 Å². The Balaban J connectivity index is 1.74. The van der Waals surface area contributed by atoms with Gasteiger partial charge in [0.1, 0.15) is 22.9 Å². The highest BCUT2D eigenvalue weighted by molar-refractivity contribution is 5.84. The second-order valence-corrected chi connectivity index (χ2v) is 8.50. The van der Waals surface area contributed by atoms with Crippen molar-refractivity contribution in [3.05, 3.63) is 60.0 Å². The van der Waals surface area contributed by atoms with E-state index >= 15 is 0 Å². The summed E-state index contributed by atoms with van der Waals surface area (Å²) in [5.41, 5.74) is 12.8. The summed E-state index contributed by atoms with van der Waals surface area (Å²) in [6, 6.07) is 2.18. The van der Waals surface area contributed by atoms with Gasteiger partial charge in [0.25, 0.3) is 0 Å². The molecule has 0 amide bonds. The maximum Gasteiger partial charge on any atom is 0.150 e. The van der Waals surface area contributed by atoms with Gasteiger partial charge in [-0.2, -0.15) is 0 Å². The maximum absolute atomic E-state index is 6.36. The number of aryl methyl sites for hydroxylation is 1. The predicted octanol–water partition coefficient (Wildman–Crippen LogP) is 5.23. The number of nitrogens with one attached hydrogen (secondary N) is 1. The highest BCUT2D eigenvalue weighted by Gasteiger charge is 2.26. The number of aromatic amines is 1. The Bertz CT molecular complexity index is 1100. The topological polar surface area (TPSA) is 75.2 Å². The molecule has 3 N–H and O–H groups in total. The first-order chi connectivity index (χ1) is 15.0. The lowest BCUT2D eigenvalue weighted by Gasteiger charge is -2.24. The summed E-state index contributed by atoms with van der Waals surface area (Å²) in [7, 11) is 0. The van der Waals surface area contributed by atoms with E-state index in [2.05, 4.69) is 57.9 Å². The molecule has 1 atom stereocenters. The standard InChI is InChI=1S/C25H34N6/c1-5-7-10-20-17(3)16-21(28-20)22-23-24(26)27-12-15-31(23)25(29-22)19-9-8-13-30(14-11-19)18(4)6-2/h5,7,12,15-16,19,28H,4,6,8-11,13-14H2,1-3H3,(H2,26,27)/b7-5-. The molecule has 4 rings (SSSR count). The van der Waals surface area contributed by atoms with E-state index in [-0.39, 0.29) is 0 Å². The van der Waals surface area contributed by atoms with Crippen molar-refractivity contribution in [3.8, 4) is 11.4 Å². The van der Waals surface area contributed by atoms with Crippen LogP contribution in [0.1, 0.15) is 62.5 Å². The number of allylic oxidation sites excluding steroid dienone is 3. The fraction of sp³-hybridized carbons (Fsp3) is 0.440. The first-order valence-corrected chi connectivity index (χ1v) is 11.4. The first-order valence-electron chi connectivity index (χ1n) is 11.4. The van der Waals surface area contributed by atoms with E-state index in [9.17, 15) is 0 Å². The average molecular weight is 419 g/mol. The number of rotatable bonds is 6. The molecule has 1 fully saturated rings. The molecule has 0 radical (unpaired) electrons. The number of nitrogen functional groups attached to an aromatic ring is 1. The third-order valence-corrected chi connectivity index (χ3v) is 6.49. The Morgan fingerprint density at radius 2 is 2.19 bits per heavy atom. The van der Waals surface area contributed by atoms with Crippen molar-refractivity contribution in [2.24, 2.45) is 0 Å². The molecule has 3 aromatic heterocycles. The van der Waals surface area contributed by atoms with Gasteiger partial charge in [-0.25, -0.2) is 9.97 Å². The van der Waals surface area contributed by atoms with E-state index in [4.69, 9.17) is 10.7 Å². The molecule has 0 bridgehead atoms. The molecule has 3 aromatic rings. The predicted molar refractivity (Wildman–Crippen MR) is 128 cm³/mol. The van der Waals surface area contributed by atoms with E-state index in [1.165, 1.54) is 17.0 Å². The molecular formula is C25H34N6. The number of hydrogen-bond donors (Lipinski definition) is 2. The number of hydrogen-bond acceptors (Lipinski definition) is 4. The summed E-state index contributed by atoms with van der Waals surface area (Å²) in [5, 5.41) is 0. The second-order valence-electron chi connectivity index (χ2n) is 8.50. The van der Waals surface area contributed by atoms with Crippen LogP contribution >= 0.6 is 0 Å². The Labute approximate surface area is 184 Å². The Hall–Kier alpha value is -3.02. The van der Waals surface area contributed by atoms with Gasteiger partial charge in [0.05, 0.1) is 5.69 Å². The summed E-state index contributed by atoms with van der Waals surface area (Å²) in [5.74, 6) is 2.00. The fourth-order valence-electron chi connectivity index (χ4n) is 4.63. The Morgan fingerprint density at radius 1 is 1.35 bits per heavy atom. The number of aromatic nitrogens is 4. The molecule has 164 valence electrons. The number of H-pyrrole nitrogens is 1. The minimum atomic E-state index is 0.385. The minimum Gasteiger partial charge on any atom is -0.382 e. The van der Waals surface area contributed by atoms with Crippen molar-refractivity contribution in [1.29, 1.82) is 0 Å². The molecule has 1 aliphatic heterocycles. The lowest BCUT2D eigenvalue weighted by atomic mass is 10.00. The van der Waals surface area contributed by atoms with Crippen LogP contribution < -0.4 is 5.73 Å². The largest absolute Gasteiger partial charge is 0.382 e. The van der Waals surface area contributed by atoms with Crippen molar-refractivity contribution < 1.29 is 0 Å². The molecule has 1 aliphatic rings. The number of nitrogens with two attached hydrogens (primary N) is 1. The molecule has 0 aromatic carbocycles. The van der Waals surface area contributed by atoms with Crippen LogP contribution in [0.25, 0.3) is 16.9 Å². The summed E-state index contributed by atoms with van der Waals surface area (Å²) in [6.07, 6.45) is 13.2. The quantitative estimate of drug-likeness (QED) is 0.538. The fourth-order valence-corrected chi connectivity index (χ4v) is 4.63. The SMILES string of the molecule is C=C(CC)N1CCCC(c2nc(-c3cc(C)c(C/C=C\C)[nH]3)c3c(N)nccn23)CC1. The van der Waals surface area contributed by atoms with Crippen LogP contribution in [0.3, 0.4) is 0 Å². The third kappa shape index (κ3) is 4.11. The van der Waals surface area contributed by atoms with Crippen LogP contribution in [0.2, 0.25) is 0 Å². The second kappa shape index (κ2) is 9.00. The van der Waals surface area contributed by atoms with E-state index in [1.54, 1.807) is 6.20 Å². The third-order valence-electron chi connectivity index (χ3n) is 6.49. The van der Waals surface area contributed by atoms with Crippen LogP contribution in [0, 0.1) is 6.92 Å². The van der Waals surface area contributed by atoms with Crippen LogP contribution in [0.5, 0.6) is 0 Å². The molecule has 0 saturated carbocycles. The number of fused-ring (bicyclic) bond motifs is 1. The van der Waals surface area contributed by atoms with Gasteiger partial charge >= 0.3 is 0 Å². The molecular weight excluding hydrogens is 384 g/mol. The normalized spacial score (nSPS) is 17.5. The summed E-state index contributed by atoms with van der Waals surface area (Å²) >= 11 is 0. The van der Waals surface area contributed by atoms with E-state index in [0.29, 0.717) is 11.7 Å². The zero-order chi connectivity index (χ0) is 22.0. The first kappa shape index (κ1) is 21.2. The highest BCUT2D eigenvalue weighted by atomic mass is 15.1. The molecule has 31 heavy (non-hydrogen) atoms. The Kier molecular flexibility index (Phi) is 6.16. The van der Waals surface area contributed by atoms with Crippen LogP contribution in [-0.4, -0.2) is 37.3 Å². The van der Waals surface area contributed by atoms with Gasteiger partial charge in [0, 0.05) is 49.2 Å². The van der Waals surface area contributed by atoms with E-state index in [1.807, 2.05) is 13.1 Å². The van der Waals surface area contributed by atoms with Gasteiger partial charge in [-0.15, -0.1) is 0 Å². The number of anilines is 1. The summed E-state index contributed by atoms with van der Waals surface area (Å²) in [4.78, 5) is 15.5. The molecule has 0 aliphatic carbocycles. The maximum atomic E-state index is 6.36. The number of likely N-dealkylation sites (tertiary alicyclic amines) is 1. The van der Waals surface area contributed by atoms with Gasteiger partial charge in [-0.1, -0.05) is 25.7 Å². The lowest BCUT2D eigenvalue weighted by molar-refractivity contribution is 0.348. The smallest absolute Gasteiger partial charge is 0.150 e. The van der Waals surface area contributed by atoms with Crippen molar-refractivity contribution in [2.45, 2.75) is 58.8 Å². The van der Waals surface area contributed by atoms with E-state index < -0.39 is 0 Å². The zero-order valence-corrected chi connectivity index (χ0v) is 19.0.